The van der Waals surface area contributed by atoms with Crippen molar-refractivity contribution in [1.82, 2.24) is 4.90 Å². The molecule has 0 aliphatic carbocycles. The number of nitrogens with one attached hydrogen (secondary N) is 1. The second-order valence-corrected chi connectivity index (χ2v) is 6.34. The van der Waals surface area contributed by atoms with Gasteiger partial charge in [0.05, 0.1) is 0 Å². The predicted octanol–water partition coefficient (Wildman–Crippen LogP) is 3.71. The van der Waals surface area contributed by atoms with Crippen molar-refractivity contribution < 1.29 is 0 Å². The van der Waals surface area contributed by atoms with Crippen molar-refractivity contribution in [2.24, 2.45) is 5.92 Å². The molecule has 0 amide bonds. The molecular formula is C17H26N2. The second-order valence-electron chi connectivity index (χ2n) is 6.34. The molecule has 1 N–H and O–H groups in total. The molecule has 0 radical (unpaired) electrons. The molecule has 0 bridgehead atoms. The molecule has 2 nitrogen and oxygen atoms in total. The van der Waals surface area contributed by atoms with Crippen molar-refractivity contribution in [1.29, 1.82) is 0 Å². The summed E-state index contributed by atoms with van der Waals surface area (Å²) in [5.41, 5.74) is 2.90. The summed E-state index contributed by atoms with van der Waals surface area (Å²) in [7, 11) is 0. The van der Waals surface area contributed by atoms with Crippen LogP contribution in [0.25, 0.3) is 0 Å². The first-order valence-corrected chi connectivity index (χ1v) is 7.88. The van der Waals surface area contributed by atoms with E-state index in [1.54, 1.807) is 0 Å². The van der Waals surface area contributed by atoms with Crippen molar-refractivity contribution in [3.8, 4) is 0 Å². The van der Waals surface area contributed by atoms with E-state index in [9.17, 15) is 0 Å². The number of anilines is 1. The Labute approximate surface area is 117 Å². The smallest absolute Gasteiger partial charge is 0.0376 e. The topological polar surface area (TPSA) is 15.3 Å². The van der Waals surface area contributed by atoms with Crippen molar-refractivity contribution >= 4 is 5.69 Å². The van der Waals surface area contributed by atoms with Gasteiger partial charge in [0.25, 0.3) is 0 Å². The van der Waals surface area contributed by atoms with Crippen molar-refractivity contribution in [3.63, 3.8) is 0 Å². The summed E-state index contributed by atoms with van der Waals surface area (Å²) in [4.78, 5) is 2.70. The lowest BCUT2D eigenvalue weighted by atomic mass is 9.90. The molecule has 19 heavy (non-hydrogen) atoms. The van der Waals surface area contributed by atoms with E-state index in [0.717, 1.165) is 18.4 Å². The van der Waals surface area contributed by atoms with Crippen molar-refractivity contribution in [2.75, 3.05) is 31.5 Å². The summed E-state index contributed by atoms with van der Waals surface area (Å²) < 4.78 is 0. The zero-order valence-electron chi connectivity index (χ0n) is 12.1. The number of nitrogens with zero attached hydrogens (tertiary/aromatic N) is 1. The van der Waals surface area contributed by atoms with Crippen LogP contribution in [0.15, 0.2) is 24.3 Å². The first-order valence-electron chi connectivity index (χ1n) is 7.88. The Morgan fingerprint density at radius 3 is 3.00 bits per heavy atom. The molecule has 104 valence electrons. The lowest BCUT2D eigenvalue weighted by Crippen LogP contribution is -2.32. The second kappa shape index (κ2) is 5.96. The summed E-state index contributed by atoms with van der Waals surface area (Å²) >= 11 is 0. The Morgan fingerprint density at radius 1 is 1.16 bits per heavy atom. The Morgan fingerprint density at radius 2 is 2.05 bits per heavy atom. The lowest BCUT2D eigenvalue weighted by Gasteiger charge is -2.31. The maximum absolute atomic E-state index is 3.53. The first-order chi connectivity index (χ1) is 9.33. The van der Waals surface area contributed by atoms with Gasteiger partial charge in [-0.25, -0.2) is 0 Å². The number of rotatable bonds is 2. The van der Waals surface area contributed by atoms with Gasteiger partial charge in [0, 0.05) is 24.7 Å². The zero-order chi connectivity index (χ0) is 13.1. The highest BCUT2D eigenvalue weighted by Gasteiger charge is 2.23. The van der Waals surface area contributed by atoms with Gasteiger partial charge in [-0.05, 0) is 56.3 Å². The minimum atomic E-state index is 0.728. The minimum absolute atomic E-state index is 0.728. The number of para-hydroxylation sites is 1. The Hall–Kier alpha value is -1.02. The van der Waals surface area contributed by atoms with Gasteiger partial charge in [0.1, 0.15) is 0 Å². The van der Waals surface area contributed by atoms with E-state index >= 15 is 0 Å². The van der Waals surface area contributed by atoms with Gasteiger partial charge in [-0.15, -0.1) is 0 Å². The van der Waals surface area contributed by atoms with E-state index in [0.29, 0.717) is 0 Å². The molecule has 0 spiro atoms. The van der Waals surface area contributed by atoms with Gasteiger partial charge in [-0.2, -0.15) is 0 Å². The highest BCUT2D eigenvalue weighted by atomic mass is 15.1. The van der Waals surface area contributed by atoms with Crippen LogP contribution in [0.3, 0.4) is 0 Å². The van der Waals surface area contributed by atoms with Crippen molar-refractivity contribution in [2.45, 2.75) is 38.5 Å². The highest BCUT2D eigenvalue weighted by Crippen LogP contribution is 2.32. The fraction of sp³-hybridized carbons (Fsp3) is 0.647. The Bertz CT molecular complexity index is 415. The molecule has 2 heterocycles. The lowest BCUT2D eigenvalue weighted by molar-refractivity contribution is 0.259. The first kappa shape index (κ1) is 13.0. The summed E-state index contributed by atoms with van der Waals surface area (Å²) in [6, 6.07) is 8.86. The Kier molecular flexibility index (Phi) is 4.07. The molecule has 0 aromatic heterocycles. The number of benzene rings is 1. The van der Waals surface area contributed by atoms with Crippen LogP contribution in [0.5, 0.6) is 0 Å². The van der Waals surface area contributed by atoms with E-state index in [1.807, 2.05) is 0 Å². The van der Waals surface area contributed by atoms with Gasteiger partial charge < -0.3 is 10.2 Å². The van der Waals surface area contributed by atoms with Crippen LogP contribution >= 0.6 is 0 Å². The monoisotopic (exact) mass is 258 g/mol. The Balaban J connectivity index is 1.67. The standard InChI is InChI=1S/C17H26N2/c1-14-5-4-11-19(12-9-14)13-15-8-10-18-17-7-3-2-6-16(15)17/h2-3,6-7,14-15,18H,4-5,8-13H2,1H3. The summed E-state index contributed by atoms with van der Waals surface area (Å²) in [6.07, 6.45) is 5.46. The molecular weight excluding hydrogens is 232 g/mol. The number of fused-ring (bicyclic) bond motifs is 1. The minimum Gasteiger partial charge on any atom is -0.385 e. The fourth-order valence-electron chi connectivity index (χ4n) is 3.56. The van der Waals surface area contributed by atoms with Crippen LogP contribution < -0.4 is 5.32 Å². The van der Waals surface area contributed by atoms with E-state index in [-0.39, 0.29) is 0 Å². The zero-order valence-corrected chi connectivity index (χ0v) is 12.1. The maximum Gasteiger partial charge on any atom is 0.0376 e. The van der Waals surface area contributed by atoms with Crippen LogP contribution in [-0.2, 0) is 0 Å². The molecule has 1 aromatic carbocycles. The molecule has 2 unspecified atom stereocenters. The van der Waals surface area contributed by atoms with Crippen LogP contribution in [0.2, 0.25) is 0 Å². The van der Waals surface area contributed by atoms with Crippen LogP contribution in [0.4, 0.5) is 5.69 Å². The number of hydrogen-bond donors (Lipinski definition) is 1. The highest BCUT2D eigenvalue weighted by molar-refractivity contribution is 5.54. The van der Waals surface area contributed by atoms with Crippen LogP contribution in [0.1, 0.15) is 44.1 Å². The molecule has 1 saturated heterocycles. The molecule has 3 rings (SSSR count). The summed E-state index contributed by atoms with van der Waals surface area (Å²) in [5, 5.41) is 3.53. The van der Waals surface area contributed by atoms with Crippen LogP contribution in [-0.4, -0.2) is 31.1 Å². The fourth-order valence-corrected chi connectivity index (χ4v) is 3.56. The van der Waals surface area contributed by atoms with Crippen LogP contribution in [0, 0.1) is 5.92 Å². The van der Waals surface area contributed by atoms with Gasteiger partial charge in [0.15, 0.2) is 0 Å². The van der Waals surface area contributed by atoms with E-state index in [1.165, 1.54) is 56.6 Å². The predicted molar refractivity (Wildman–Crippen MR) is 81.7 cm³/mol. The van der Waals surface area contributed by atoms with Gasteiger partial charge in [-0.3, -0.25) is 0 Å². The van der Waals surface area contributed by atoms with Gasteiger partial charge in [0.2, 0.25) is 0 Å². The quantitative estimate of drug-likeness (QED) is 0.870. The average Bonchev–Trinajstić information content (AvgIpc) is 2.64. The molecule has 2 aliphatic heterocycles. The largest absolute Gasteiger partial charge is 0.385 e. The summed E-state index contributed by atoms with van der Waals surface area (Å²) in [5.74, 6) is 1.65. The SMILES string of the molecule is CC1CCCN(CC2CCNc3ccccc32)CC1. The molecule has 2 heteroatoms. The molecule has 1 fully saturated rings. The summed E-state index contributed by atoms with van der Waals surface area (Å²) in [6.45, 7) is 7.39. The van der Waals surface area contributed by atoms with Gasteiger partial charge >= 0.3 is 0 Å². The normalized spacial score (nSPS) is 28.3. The maximum atomic E-state index is 3.53. The average molecular weight is 258 g/mol. The molecule has 2 aliphatic rings. The van der Waals surface area contributed by atoms with E-state index < -0.39 is 0 Å². The number of likely N-dealkylation sites (tertiary alicyclic amines) is 1. The molecule has 0 saturated carbocycles. The third-order valence-electron chi connectivity index (χ3n) is 4.80. The third-order valence-corrected chi connectivity index (χ3v) is 4.80. The van der Waals surface area contributed by atoms with Gasteiger partial charge in [-0.1, -0.05) is 25.1 Å². The van der Waals surface area contributed by atoms with Crippen molar-refractivity contribution in [3.05, 3.63) is 29.8 Å². The number of hydrogen-bond acceptors (Lipinski definition) is 2. The van der Waals surface area contributed by atoms with E-state index in [4.69, 9.17) is 0 Å². The third kappa shape index (κ3) is 3.11. The van der Waals surface area contributed by atoms with E-state index in [2.05, 4.69) is 41.4 Å². The molecule has 1 aromatic rings. The molecule has 2 atom stereocenters.